The molecule has 0 saturated carbocycles. The van der Waals surface area contributed by atoms with E-state index in [0.717, 1.165) is 26.2 Å². The first kappa shape index (κ1) is 14.5. The Balaban J connectivity index is 1.86. The third-order valence-electron chi connectivity index (χ3n) is 3.90. The first-order valence-electron chi connectivity index (χ1n) is 7.47. The quantitative estimate of drug-likeness (QED) is 0.878. The van der Waals surface area contributed by atoms with Gasteiger partial charge in [-0.05, 0) is 31.5 Å². The average molecular weight is 261 g/mol. The summed E-state index contributed by atoms with van der Waals surface area (Å²) in [4.78, 5) is 2.38. The summed E-state index contributed by atoms with van der Waals surface area (Å²) < 4.78 is 0. The minimum Gasteiger partial charge on any atom is -0.304 e. The highest BCUT2D eigenvalue weighted by Gasteiger charge is 2.16. The molecule has 1 heterocycles. The molecule has 1 saturated heterocycles. The molecule has 1 aromatic rings. The molecule has 1 aliphatic rings. The zero-order valence-electron chi connectivity index (χ0n) is 12.5. The maximum Gasteiger partial charge on any atom is 0.0436 e. The van der Waals surface area contributed by atoms with Crippen molar-refractivity contribution in [2.45, 2.75) is 32.7 Å². The minimum absolute atomic E-state index is 0.388. The molecule has 1 unspecified atom stereocenters. The van der Waals surface area contributed by atoms with Crippen LogP contribution in [0.25, 0.3) is 0 Å². The van der Waals surface area contributed by atoms with Gasteiger partial charge in [0.1, 0.15) is 0 Å². The summed E-state index contributed by atoms with van der Waals surface area (Å²) >= 11 is 0. The maximum absolute atomic E-state index is 3.61. The third kappa shape index (κ3) is 4.30. The van der Waals surface area contributed by atoms with Gasteiger partial charge in [0.15, 0.2) is 0 Å². The van der Waals surface area contributed by atoms with Gasteiger partial charge >= 0.3 is 0 Å². The van der Waals surface area contributed by atoms with E-state index in [1.807, 2.05) is 0 Å². The van der Waals surface area contributed by atoms with Gasteiger partial charge < -0.3 is 4.90 Å². The minimum atomic E-state index is 0.388. The summed E-state index contributed by atoms with van der Waals surface area (Å²) in [5, 5.41) is 2.35. The van der Waals surface area contributed by atoms with Crippen LogP contribution >= 0.6 is 0 Å². The number of rotatable bonds is 5. The topological polar surface area (TPSA) is 18.5 Å². The lowest BCUT2D eigenvalue weighted by molar-refractivity contribution is 0.0899. The molecular weight excluding hydrogens is 234 g/mol. The van der Waals surface area contributed by atoms with Gasteiger partial charge in [0.2, 0.25) is 0 Å². The largest absolute Gasteiger partial charge is 0.304 e. The highest BCUT2D eigenvalue weighted by molar-refractivity contribution is 5.24. The standard InChI is InChI=1S/C16H27N3/c1-4-5-15-6-8-16(9-7-15)14(2)17-19-12-10-18(3)11-13-19/h6-9,14,17H,4-5,10-13H2,1-3H3. The van der Waals surface area contributed by atoms with E-state index < -0.39 is 0 Å². The van der Waals surface area contributed by atoms with Gasteiger partial charge in [0.25, 0.3) is 0 Å². The molecule has 1 aromatic carbocycles. The van der Waals surface area contributed by atoms with E-state index >= 15 is 0 Å². The Morgan fingerprint density at radius 1 is 1.11 bits per heavy atom. The molecule has 0 radical (unpaired) electrons. The van der Waals surface area contributed by atoms with Crippen LogP contribution in [0.1, 0.15) is 37.4 Å². The number of hydrogen-bond acceptors (Lipinski definition) is 3. The summed E-state index contributed by atoms with van der Waals surface area (Å²) in [6.45, 7) is 8.98. The molecule has 0 spiro atoms. The second-order valence-corrected chi connectivity index (χ2v) is 5.63. The Kier molecular flexibility index (Phi) is 5.37. The molecule has 1 N–H and O–H groups in total. The van der Waals surface area contributed by atoms with Gasteiger partial charge in [0.05, 0.1) is 0 Å². The fourth-order valence-electron chi connectivity index (χ4n) is 2.55. The van der Waals surface area contributed by atoms with Gasteiger partial charge in [-0.25, -0.2) is 10.4 Å². The monoisotopic (exact) mass is 261 g/mol. The fraction of sp³-hybridized carbons (Fsp3) is 0.625. The molecule has 1 atom stereocenters. The molecule has 1 aliphatic heterocycles. The van der Waals surface area contributed by atoms with E-state index in [4.69, 9.17) is 0 Å². The van der Waals surface area contributed by atoms with Crippen molar-refractivity contribution in [3.05, 3.63) is 35.4 Å². The average Bonchev–Trinajstić information content (AvgIpc) is 2.42. The lowest BCUT2D eigenvalue weighted by Crippen LogP contribution is -2.51. The molecule has 0 aromatic heterocycles. The second-order valence-electron chi connectivity index (χ2n) is 5.63. The molecule has 106 valence electrons. The Morgan fingerprint density at radius 3 is 2.32 bits per heavy atom. The molecule has 0 bridgehead atoms. The van der Waals surface area contributed by atoms with E-state index in [0.29, 0.717) is 6.04 Å². The Morgan fingerprint density at radius 2 is 1.74 bits per heavy atom. The van der Waals surface area contributed by atoms with Crippen molar-refractivity contribution >= 4 is 0 Å². The number of benzene rings is 1. The number of aryl methyl sites for hydroxylation is 1. The van der Waals surface area contributed by atoms with Crippen LogP contribution in [0.5, 0.6) is 0 Å². The van der Waals surface area contributed by atoms with Gasteiger partial charge in [-0.15, -0.1) is 0 Å². The van der Waals surface area contributed by atoms with Gasteiger partial charge in [0, 0.05) is 32.2 Å². The predicted molar refractivity (Wildman–Crippen MR) is 81.1 cm³/mol. The predicted octanol–water partition coefficient (Wildman–Crippen LogP) is 2.45. The zero-order chi connectivity index (χ0) is 13.7. The molecule has 1 fully saturated rings. The SMILES string of the molecule is CCCc1ccc(C(C)NN2CCN(C)CC2)cc1. The lowest BCUT2D eigenvalue weighted by atomic mass is 10.0. The van der Waals surface area contributed by atoms with Crippen molar-refractivity contribution in [3.63, 3.8) is 0 Å². The highest BCUT2D eigenvalue weighted by Crippen LogP contribution is 2.15. The molecule has 2 rings (SSSR count). The summed E-state index contributed by atoms with van der Waals surface area (Å²) in [6.07, 6.45) is 2.40. The van der Waals surface area contributed by atoms with Crippen molar-refractivity contribution in [3.8, 4) is 0 Å². The van der Waals surface area contributed by atoms with Crippen molar-refractivity contribution in [2.24, 2.45) is 0 Å². The molecular formula is C16H27N3. The number of nitrogens with zero attached hydrogens (tertiary/aromatic N) is 2. The third-order valence-corrected chi connectivity index (χ3v) is 3.90. The second kappa shape index (κ2) is 7.04. The van der Waals surface area contributed by atoms with Crippen LogP contribution in [-0.4, -0.2) is 43.1 Å². The Labute approximate surface area is 117 Å². The van der Waals surface area contributed by atoms with Crippen molar-refractivity contribution < 1.29 is 0 Å². The van der Waals surface area contributed by atoms with E-state index in [1.54, 1.807) is 0 Å². The molecule has 3 nitrogen and oxygen atoms in total. The maximum atomic E-state index is 3.61. The van der Waals surface area contributed by atoms with E-state index in [1.165, 1.54) is 24.0 Å². The van der Waals surface area contributed by atoms with Crippen LogP contribution in [0.3, 0.4) is 0 Å². The van der Waals surface area contributed by atoms with Gasteiger partial charge in [-0.3, -0.25) is 0 Å². The van der Waals surface area contributed by atoms with Gasteiger partial charge in [-0.2, -0.15) is 0 Å². The van der Waals surface area contributed by atoms with Crippen LogP contribution < -0.4 is 5.43 Å². The summed E-state index contributed by atoms with van der Waals surface area (Å²) in [5.41, 5.74) is 6.43. The Hall–Kier alpha value is -0.900. The van der Waals surface area contributed by atoms with Crippen molar-refractivity contribution in [2.75, 3.05) is 33.2 Å². The molecule has 3 heteroatoms. The van der Waals surface area contributed by atoms with Crippen LogP contribution in [0.2, 0.25) is 0 Å². The van der Waals surface area contributed by atoms with Crippen LogP contribution in [0.15, 0.2) is 24.3 Å². The zero-order valence-corrected chi connectivity index (χ0v) is 12.5. The van der Waals surface area contributed by atoms with Crippen molar-refractivity contribution in [1.82, 2.24) is 15.3 Å². The Bertz CT molecular complexity index is 366. The fourth-order valence-corrected chi connectivity index (χ4v) is 2.55. The smallest absolute Gasteiger partial charge is 0.0436 e. The number of hydrazine groups is 1. The number of piperazine rings is 1. The number of hydrogen-bond donors (Lipinski definition) is 1. The van der Waals surface area contributed by atoms with E-state index in [9.17, 15) is 0 Å². The van der Waals surface area contributed by atoms with Crippen LogP contribution in [0.4, 0.5) is 0 Å². The van der Waals surface area contributed by atoms with Crippen LogP contribution in [-0.2, 0) is 6.42 Å². The normalized spacial score (nSPS) is 19.5. The van der Waals surface area contributed by atoms with Crippen molar-refractivity contribution in [1.29, 1.82) is 0 Å². The summed E-state index contributed by atoms with van der Waals surface area (Å²) in [6, 6.07) is 9.44. The van der Waals surface area contributed by atoms with Gasteiger partial charge in [-0.1, -0.05) is 37.6 Å². The number of likely N-dealkylation sites (N-methyl/N-ethyl adjacent to an activating group) is 1. The molecule has 19 heavy (non-hydrogen) atoms. The first-order chi connectivity index (χ1) is 9.19. The summed E-state index contributed by atoms with van der Waals surface area (Å²) in [7, 11) is 2.19. The molecule has 0 aliphatic carbocycles. The highest BCUT2D eigenvalue weighted by atomic mass is 15.5. The molecule has 0 amide bonds. The first-order valence-corrected chi connectivity index (χ1v) is 7.47. The van der Waals surface area contributed by atoms with E-state index in [-0.39, 0.29) is 0 Å². The summed E-state index contributed by atoms with van der Waals surface area (Å²) in [5.74, 6) is 0. The number of nitrogens with one attached hydrogen (secondary N) is 1. The van der Waals surface area contributed by atoms with Crippen LogP contribution in [0, 0.1) is 0 Å². The van der Waals surface area contributed by atoms with E-state index in [2.05, 4.69) is 60.5 Å². The lowest BCUT2D eigenvalue weighted by Gasteiger charge is -2.34.